The van der Waals surface area contributed by atoms with E-state index in [2.05, 4.69) is 5.32 Å². The highest BCUT2D eigenvalue weighted by Crippen LogP contribution is 2.16. The number of benzene rings is 1. The SMILES string of the molecule is CN(Cc1ccc(O)cc1)C(=O)C1CCC(=O)NC1. The van der Waals surface area contributed by atoms with Gasteiger partial charge < -0.3 is 15.3 Å². The highest BCUT2D eigenvalue weighted by Gasteiger charge is 2.26. The van der Waals surface area contributed by atoms with Crippen LogP contribution in [0, 0.1) is 5.92 Å². The van der Waals surface area contributed by atoms with Crippen LogP contribution in [0.1, 0.15) is 18.4 Å². The van der Waals surface area contributed by atoms with Gasteiger partial charge in [-0.05, 0) is 24.1 Å². The smallest absolute Gasteiger partial charge is 0.227 e. The summed E-state index contributed by atoms with van der Waals surface area (Å²) in [7, 11) is 1.76. The van der Waals surface area contributed by atoms with Gasteiger partial charge in [0.05, 0.1) is 5.92 Å². The summed E-state index contributed by atoms with van der Waals surface area (Å²) in [4.78, 5) is 24.9. The van der Waals surface area contributed by atoms with Gasteiger partial charge >= 0.3 is 0 Å². The second-order valence-electron chi connectivity index (χ2n) is 4.90. The van der Waals surface area contributed by atoms with Crippen molar-refractivity contribution in [1.29, 1.82) is 0 Å². The molecule has 0 radical (unpaired) electrons. The third-order valence-electron chi connectivity index (χ3n) is 3.35. The van der Waals surface area contributed by atoms with Gasteiger partial charge in [0.1, 0.15) is 5.75 Å². The molecule has 1 heterocycles. The highest BCUT2D eigenvalue weighted by atomic mass is 16.3. The van der Waals surface area contributed by atoms with E-state index in [-0.39, 0.29) is 23.5 Å². The maximum atomic E-state index is 12.2. The number of amides is 2. The predicted molar refractivity (Wildman–Crippen MR) is 70.3 cm³/mol. The Hall–Kier alpha value is -2.04. The number of piperidine rings is 1. The molecule has 1 unspecified atom stereocenters. The lowest BCUT2D eigenvalue weighted by molar-refractivity contribution is -0.136. The fourth-order valence-electron chi connectivity index (χ4n) is 2.21. The molecule has 1 aliphatic rings. The second-order valence-corrected chi connectivity index (χ2v) is 4.90. The molecule has 0 bridgehead atoms. The van der Waals surface area contributed by atoms with Crippen LogP contribution >= 0.6 is 0 Å². The molecule has 0 aliphatic carbocycles. The Labute approximate surface area is 112 Å². The third kappa shape index (κ3) is 3.47. The lowest BCUT2D eigenvalue weighted by atomic mass is 9.97. The normalized spacial score (nSPS) is 18.8. The molecule has 1 aromatic carbocycles. The summed E-state index contributed by atoms with van der Waals surface area (Å²) in [6, 6.07) is 6.80. The first-order chi connectivity index (χ1) is 9.06. The maximum Gasteiger partial charge on any atom is 0.227 e. The standard InChI is InChI=1S/C14H18N2O3/c1-16(9-10-2-5-12(17)6-3-10)14(19)11-4-7-13(18)15-8-11/h2-3,5-6,11,17H,4,7-9H2,1H3,(H,15,18). The van der Waals surface area contributed by atoms with Crippen LogP contribution < -0.4 is 5.32 Å². The van der Waals surface area contributed by atoms with Crippen molar-refractivity contribution in [2.45, 2.75) is 19.4 Å². The van der Waals surface area contributed by atoms with Crippen LogP contribution in [0.5, 0.6) is 5.75 Å². The van der Waals surface area contributed by atoms with E-state index in [1.54, 1.807) is 36.2 Å². The first-order valence-corrected chi connectivity index (χ1v) is 6.36. The molecule has 0 spiro atoms. The molecule has 1 atom stereocenters. The van der Waals surface area contributed by atoms with E-state index in [1.165, 1.54) is 0 Å². The number of hydrogen-bond donors (Lipinski definition) is 2. The van der Waals surface area contributed by atoms with Crippen LogP contribution in [0.4, 0.5) is 0 Å². The number of carbonyl (C=O) groups excluding carboxylic acids is 2. The number of phenolic OH excluding ortho intramolecular Hbond substituents is 1. The van der Waals surface area contributed by atoms with Crippen LogP contribution in [0.25, 0.3) is 0 Å². The summed E-state index contributed by atoms with van der Waals surface area (Å²) in [6.45, 7) is 0.932. The molecule has 1 saturated heterocycles. The lowest BCUT2D eigenvalue weighted by Crippen LogP contribution is -2.43. The van der Waals surface area contributed by atoms with Gasteiger partial charge in [-0.15, -0.1) is 0 Å². The molecule has 102 valence electrons. The lowest BCUT2D eigenvalue weighted by Gasteiger charge is -2.26. The quantitative estimate of drug-likeness (QED) is 0.849. The highest BCUT2D eigenvalue weighted by molar-refractivity contribution is 5.83. The average molecular weight is 262 g/mol. The molecule has 1 fully saturated rings. The van der Waals surface area contributed by atoms with Crippen molar-refractivity contribution in [2.75, 3.05) is 13.6 Å². The number of carbonyl (C=O) groups is 2. The maximum absolute atomic E-state index is 12.2. The van der Waals surface area contributed by atoms with Crippen molar-refractivity contribution in [1.82, 2.24) is 10.2 Å². The van der Waals surface area contributed by atoms with E-state index < -0.39 is 0 Å². The van der Waals surface area contributed by atoms with Crippen molar-refractivity contribution in [3.05, 3.63) is 29.8 Å². The Morgan fingerprint density at radius 1 is 1.42 bits per heavy atom. The molecular formula is C14H18N2O3. The number of rotatable bonds is 3. The molecule has 5 heteroatoms. The van der Waals surface area contributed by atoms with E-state index >= 15 is 0 Å². The molecule has 0 aromatic heterocycles. The van der Waals surface area contributed by atoms with Gasteiger partial charge in [0, 0.05) is 26.6 Å². The fraction of sp³-hybridized carbons (Fsp3) is 0.429. The van der Waals surface area contributed by atoms with Gasteiger partial charge in [0.25, 0.3) is 0 Å². The summed E-state index contributed by atoms with van der Waals surface area (Å²) in [5.41, 5.74) is 0.966. The molecule has 1 aromatic rings. The van der Waals surface area contributed by atoms with Crippen LogP contribution in [0.15, 0.2) is 24.3 Å². The summed E-state index contributed by atoms with van der Waals surface area (Å²) in [6.07, 6.45) is 1.04. The van der Waals surface area contributed by atoms with Crippen molar-refractivity contribution >= 4 is 11.8 Å². The van der Waals surface area contributed by atoms with E-state index in [0.717, 1.165) is 5.56 Å². The van der Waals surface area contributed by atoms with Crippen molar-refractivity contribution in [3.63, 3.8) is 0 Å². The van der Waals surface area contributed by atoms with E-state index in [9.17, 15) is 14.7 Å². The Balaban J connectivity index is 1.92. The Bertz CT molecular complexity index is 460. The third-order valence-corrected chi connectivity index (χ3v) is 3.35. The average Bonchev–Trinajstić information content (AvgIpc) is 2.41. The minimum absolute atomic E-state index is 0.0187. The Kier molecular flexibility index (Phi) is 4.04. The topological polar surface area (TPSA) is 69.6 Å². The summed E-state index contributed by atoms with van der Waals surface area (Å²) >= 11 is 0. The van der Waals surface area contributed by atoms with Gasteiger partial charge in [0.15, 0.2) is 0 Å². The molecule has 0 saturated carbocycles. The monoisotopic (exact) mass is 262 g/mol. The zero-order valence-electron chi connectivity index (χ0n) is 10.9. The van der Waals surface area contributed by atoms with Crippen LogP contribution in [-0.4, -0.2) is 35.4 Å². The largest absolute Gasteiger partial charge is 0.508 e. The van der Waals surface area contributed by atoms with E-state index in [4.69, 9.17) is 0 Å². The number of phenols is 1. The van der Waals surface area contributed by atoms with Crippen molar-refractivity contribution < 1.29 is 14.7 Å². The van der Waals surface area contributed by atoms with Crippen LogP contribution in [-0.2, 0) is 16.1 Å². The number of hydrogen-bond acceptors (Lipinski definition) is 3. The van der Waals surface area contributed by atoms with Gasteiger partial charge in [-0.1, -0.05) is 12.1 Å². The molecule has 2 rings (SSSR count). The van der Waals surface area contributed by atoms with Gasteiger partial charge in [-0.3, -0.25) is 9.59 Å². The zero-order chi connectivity index (χ0) is 13.8. The minimum atomic E-state index is -0.125. The van der Waals surface area contributed by atoms with E-state index in [1.807, 2.05) is 0 Å². The van der Waals surface area contributed by atoms with Crippen molar-refractivity contribution in [2.24, 2.45) is 5.92 Å². The van der Waals surface area contributed by atoms with Crippen molar-refractivity contribution in [3.8, 4) is 5.75 Å². The number of aromatic hydroxyl groups is 1. The second kappa shape index (κ2) is 5.73. The first-order valence-electron chi connectivity index (χ1n) is 6.36. The Morgan fingerprint density at radius 2 is 2.11 bits per heavy atom. The number of nitrogens with zero attached hydrogens (tertiary/aromatic N) is 1. The first kappa shape index (κ1) is 13.4. The summed E-state index contributed by atoms with van der Waals surface area (Å²) in [5, 5.41) is 11.9. The van der Waals surface area contributed by atoms with Gasteiger partial charge in [-0.2, -0.15) is 0 Å². The zero-order valence-corrected chi connectivity index (χ0v) is 10.9. The number of nitrogens with one attached hydrogen (secondary N) is 1. The molecule has 5 nitrogen and oxygen atoms in total. The fourth-order valence-corrected chi connectivity index (χ4v) is 2.21. The molecule has 1 aliphatic heterocycles. The minimum Gasteiger partial charge on any atom is -0.508 e. The molecule has 2 amide bonds. The summed E-state index contributed by atoms with van der Waals surface area (Å²) < 4.78 is 0. The molecule has 2 N–H and O–H groups in total. The predicted octanol–water partition coefficient (Wildman–Crippen LogP) is 0.877. The molecule has 19 heavy (non-hydrogen) atoms. The Morgan fingerprint density at radius 3 is 2.68 bits per heavy atom. The van der Waals surface area contributed by atoms with E-state index in [0.29, 0.717) is 25.9 Å². The van der Waals surface area contributed by atoms with Gasteiger partial charge in [-0.25, -0.2) is 0 Å². The summed E-state index contributed by atoms with van der Waals surface area (Å²) in [5.74, 6) is 0.158. The van der Waals surface area contributed by atoms with Crippen LogP contribution in [0.2, 0.25) is 0 Å². The molecular weight excluding hydrogens is 244 g/mol. The van der Waals surface area contributed by atoms with Crippen LogP contribution in [0.3, 0.4) is 0 Å². The van der Waals surface area contributed by atoms with Gasteiger partial charge in [0.2, 0.25) is 11.8 Å².